The van der Waals surface area contributed by atoms with Crippen molar-refractivity contribution in [3.05, 3.63) is 0 Å². The quantitative estimate of drug-likeness (QED) is 0.244. The number of nitrogens with zero attached hydrogens (tertiary/aromatic N) is 4. The van der Waals surface area contributed by atoms with Gasteiger partial charge in [-0.1, -0.05) is 0 Å². The molecule has 0 aromatic heterocycles. The molecule has 0 aromatic carbocycles. The molecule has 296 valence electrons. The molecule has 4 rings (SSSR count). The fourth-order valence-corrected chi connectivity index (χ4v) is 26.8. The highest BCUT2D eigenvalue weighted by Crippen LogP contribution is 2.33. The number of aliphatic hydroxyl groups excluding tert-OH is 1. The lowest BCUT2D eigenvalue weighted by Gasteiger charge is -2.46. The van der Waals surface area contributed by atoms with Crippen molar-refractivity contribution < 1.29 is 34.8 Å². The minimum atomic E-state index is -3.40. The van der Waals surface area contributed by atoms with E-state index in [2.05, 4.69) is 100 Å². The van der Waals surface area contributed by atoms with E-state index in [1.165, 1.54) is 0 Å². The number of rotatable bonds is 14. The van der Waals surface area contributed by atoms with Gasteiger partial charge in [0.25, 0.3) is 0 Å². The average Bonchev–Trinajstić information content (AvgIpc) is 2.96. The maximum Gasteiger partial charge on any atom is 0.483 e. The Morgan fingerprint density at radius 3 is 0.820 bits per heavy atom. The van der Waals surface area contributed by atoms with E-state index in [1.54, 1.807) is 0 Å². The van der Waals surface area contributed by atoms with Gasteiger partial charge in [-0.25, -0.2) is 0 Å². The highest BCUT2D eigenvalue weighted by molar-refractivity contribution is 6.86. The molecule has 0 aromatic rings. The second-order valence-corrected chi connectivity index (χ2v) is 35.2. The molecular weight excluding hydrogens is 721 g/mol. The lowest BCUT2D eigenvalue weighted by Crippen LogP contribution is -2.66. The third-order valence-electron chi connectivity index (χ3n) is 9.55. The second kappa shape index (κ2) is 19.5. The molecular formula is C33H76N4O8Si5. The Morgan fingerprint density at radius 1 is 0.380 bits per heavy atom. The van der Waals surface area contributed by atoms with E-state index < -0.39 is 43.0 Å². The van der Waals surface area contributed by atoms with Crippen LogP contribution in [-0.4, -0.2) is 173 Å². The summed E-state index contributed by atoms with van der Waals surface area (Å²) in [4.78, 5) is 9.31. The van der Waals surface area contributed by atoms with Gasteiger partial charge < -0.3 is 54.4 Å². The number of hydrogen-bond donors (Lipinski definition) is 1. The fourth-order valence-electron chi connectivity index (χ4n) is 7.20. The van der Waals surface area contributed by atoms with Gasteiger partial charge in [0.15, 0.2) is 16.6 Å². The largest absolute Gasteiger partial charge is 0.483 e. The van der Waals surface area contributed by atoms with Crippen LogP contribution < -0.4 is 0 Å². The lowest BCUT2D eigenvalue weighted by atomic mass is 10.1. The van der Waals surface area contributed by atoms with Crippen molar-refractivity contribution in [3.63, 3.8) is 0 Å². The van der Waals surface area contributed by atoms with Gasteiger partial charge in [0.2, 0.25) is 0 Å². The third kappa shape index (κ3) is 17.4. The van der Waals surface area contributed by atoms with Crippen molar-refractivity contribution >= 4 is 43.0 Å². The van der Waals surface area contributed by atoms with Crippen molar-refractivity contribution in [1.29, 1.82) is 0 Å². The van der Waals surface area contributed by atoms with Crippen LogP contribution in [0.1, 0.15) is 51.4 Å². The Morgan fingerprint density at radius 2 is 0.600 bits per heavy atom. The standard InChI is InChI=1S/C27H63N3O7Si5.C6H13NO/c1-28-19-13-25(14-20-28)31-40(10,34-38(4,5)6)36-42(12,33-27-17-23-30(3)24-18-27)37-41(11,35-39(7,8)9)32-26-15-21-29(2)22-16-26;1-7-4-2-6(8)3-5-7/h25-27H,13-24H2,1-12H3;6,8H,2-5H2,1H3. The van der Waals surface area contributed by atoms with Gasteiger partial charge in [0.05, 0.1) is 24.4 Å². The van der Waals surface area contributed by atoms with Crippen molar-refractivity contribution in [3.8, 4) is 0 Å². The first kappa shape index (κ1) is 45.0. The van der Waals surface area contributed by atoms with Crippen LogP contribution in [-0.2, 0) is 29.7 Å². The molecule has 0 aliphatic carbocycles. The number of likely N-dealkylation sites (tertiary alicyclic amines) is 4. The molecule has 0 bridgehead atoms. The van der Waals surface area contributed by atoms with E-state index >= 15 is 0 Å². The zero-order valence-electron chi connectivity index (χ0n) is 34.2. The summed E-state index contributed by atoms with van der Waals surface area (Å²) < 4.78 is 48.8. The smallest absolute Gasteiger partial charge is 0.416 e. The minimum absolute atomic E-state index is 0.0220. The molecule has 12 nitrogen and oxygen atoms in total. The zero-order chi connectivity index (χ0) is 37.4. The second-order valence-electron chi connectivity index (χ2n) is 17.6. The van der Waals surface area contributed by atoms with Crippen LogP contribution in [0, 0.1) is 0 Å². The maximum atomic E-state index is 9.00. The summed E-state index contributed by atoms with van der Waals surface area (Å²) in [7, 11) is -5.24. The topological polar surface area (TPSA) is 97.8 Å². The maximum absolute atomic E-state index is 9.00. The molecule has 2 atom stereocenters. The molecule has 50 heavy (non-hydrogen) atoms. The molecule has 4 aliphatic rings. The first-order valence-electron chi connectivity index (χ1n) is 19.3. The highest BCUT2D eigenvalue weighted by atomic mass is 28.5. The van der Waals surface area contributed by atoms with E-state index in [9.17, 15) is 0 Å². The van der Waals surface area contributed by atoms with Gasteiger partial charge in [-0.2, -0.15) is 0 Å². The highest BCUT2D eigenvalue weighted by Gasteiger charge is 2.57. The normalized spacial score (nSPS) is 26.5. The predicted molar refractivity (Wildman–Crippen MR) is 213 cm³/mol. The summed E-state index contributed by atoms with van der Waals surface area (Å²) in [6, 6.07) is 0. The van der Waals surface area contributed by atoms with E-state index in [-0.39, 0.29) is 24.4 Å². The monoisotopic (exact) mass is 796 g/mol. The van der Waals surface area contributed by atoms with Crippen LogP contribution in [0.15, 0.2) is 0 Å². The molecule has 4 fully saturated rings. The van der Waals surface area contributed by atoms with Crippen molar-refractivity contribution in [2.75, 3.05) is 80.5 Å². The Kier molecular flexibility index (Phi) is 17.5. The van der Waals surface area contributed by atoms with Crippen molar-refractivity contribution in [1.82, 2.24) is 19.6 Å². The molecule has 2 unspecified atom stereocenters. The van der Waals surface area contributed by atoms with Crippen LogP contribution in [0.5, 0.6) is 0 Å². The molecule has 0 amide bonds. The number of piperidine rings is 4. The molecule has 1 N–H and O–H groups in total. The van der Waals surface area contributed by atoms with Gasteiger partial charge in [-0.05, 0) is 119 Å². The summed E-state index contributed by atoms with van der Waals surface area (Å²) in [6.45, 7) is 27.5. The minimum Gasteiger partial charge on any atom is -0.416 e. The van der Waals surface area contributed by atoms with Crippen LogP contribution in [0.2, 0.25) is 58.9 Å². The van der Waals surface area contributed by atoms with Crippen molar-refractivity contribution in [2.24, 2.45) is 0 Å². The molecule has 17 heteroatoms. The average molecular weight is 797 g/mol. The van der Waals surface area contributed by atoms with Crippen LogP contribution in [0.25, 0.3) is 0 Å². The molecule has 0 radical (unpaired) electrons. The van der Waals surface area contributed by atoms with Crippen LogP contribution >= 0.6 is 0 Å². The van der Waals surface area contributed by atoms with Crippen LogP contribution in [0.3, 0.4) is 0 Å². The first-order valence-corrected chi connectivity index (χ1v) is 32.8. The predicted octanol–water partition coefficient (Wildman–Crippen LogP) is 4.83. The van der Waals surface area contributed by atoms with E-state index in [0.29, 0.717) is 0 Å². The van der Waals surface area contributed by atoms with Gasteiger partial charge >= 0.3 is 26.4 Å². The van der Waals surface area contributed by atoms with Crippen LogP contribution in [0.4, 0.5) is 0 Å². The molecule has 4 heterocycles. The SMILES string of the molecule is CN1CCC(O)CC1.CN1CCC(O[Si](C)(O[Si](C)(C)C)O[Si](C)(OC2CCN(C)CC2)O[Si](C)(OC2CCN(C)CC2)O[Si](C)(C)C)CC1. The summed E-state index contributed by atoms with van der Waals surface area (Å²) in [5, 5.41) is 9.00. The molecule has 0 spiro atoms. The van der Waals surface area contributed by atoms with E-state index in [0.717, 1.165) is 104 Å². The Labute approximate surface area is 311 Å². The lowest BCUT2D eigenvalue weighted by molar-refractivity contribution is 0.000329. The molecule has 0 saturated carbocycles. The van der Waals surface area contributed by atoms with Gasteiger partial charge in [0, 0.05) is 72.0 Å². The molecule has 4 aliphatic heterocycles. The number of hydrogen-bond acceptors (Lipinski definition) is 12. The van der Waals surface area contributed by atoms with E-state index in [1.807, 2.05) is 6.55 Å². The third-order valence-corrected chi connectivity index (χ3v) is 25.6. The van der Waals surface area contributed by atoms with Crippen molar-refractivity contribution in [2.45, 2.75) is 135 Å². The van der Waals surface area contributed by atoms with Gasteiger partial charge in [-0.15, -0.1) is 0 Å². The Hall–Kier alpha value is 0.604. The summed E-state index contributed by atoms with van der Waals surface area (Å²) in [5.41, 5.74) is 0. The van der Waals surface area contributed by atoms with E-state index in [4.69, 9.17) is 34.8 Å². The fraction of sp³-hybridized carbons (Fsp3) is 1.00. The Bertz CT molecular complexity index is 922. The van der Waals surface area contributed by atoms with Gasteiger partial charge in [0.1, 0.15) is 0 Å². The first-order chi connectivity index (χ1) is 23.0. The van der Waals surface area contributed by atoms with Gasteiger partial charge in [-0.3, -0.25) is 0 Å². The Balaban J connectivity index is 0.000000740. The number of aliphatic hydroxyl groups is 1. The molecule has 4 saturated heterocycles. The summed E-state index contributed by atoms with van der Waals surface area (Å²) >= 11 is 0. The summed E-state index contributed by atoms with van der Waals surface area (Å²) in [5.74, 6) is 0. The summed E-state index contributed by atoms with van der Waals surface area (Å²) in [6.07, 6.45) is 7.91. The zero-order valence-corrected chi connectivity index (χ0v) is 39.2.